The Morgan fingerprint density at radius 2 is 2.12 bits per heavy atom. The Hall–Kier alpha value is -1.50. The molecule has 1 aromatic carbocycles. The Kier molecular flexibility index (Phi) is 6.71. The van der Waals surface area contributed by atoms with Crippen LogP contribution in [-0.2, 0) is 14.3 Å². The second kappa shape index (κ2) is 8.55. The van der Waals surface area contributed by atoms with Gasteiger partial charge in [0.15, 0.2) is 6.10 Å². The van der Waals surface area contributed by atoms with Gasteiger partial charge in [0.05, 0.1) is 16.7 Å². The molecular formula is C16H19Cl2NO5. The van der Waals surface area contributed by atoms with Crippen molar-refractivity contribution in [3.8, 4) is 5.75 Å². The summed E-state index contributed by atoms with van der Waals surface area (Å²) >= 11 is 11.7. The van der Waals surface area contributed by atoms with Crippen LogP contribution in [0.5, 0.6) is 5.75 Å². The maximum atomic E-state index is 12.3. The predicted molar refractivity (Wildman–Crippen MR) is 89.7 cm³/mol. The average Bonchev–Trinajstić information content (AvgIpc) is 2.56. The van der Waals surface area contributed by atoms with Crippen molar-refractivity contribution < 1.29 is 24.2 Å². The minimum absolute atomic E-state index is 0.252. The highest BCUT2D eigenvalue weighted by Crippen LogP contribution is 2.27. The van der Waals surface area contributed by atoms with Crippen molar-refractivity contribution in [3.63, 3.8) is 0 Å². The molecule has 1 aliphatic rings. The molecule has 3 unspecified atom stereocenters. The zero-order chi connectivity index (χ0) is 17.7. The first kappa shape index (κ1) is 18.8. The number of hydrogen-bond acceptors (Lipinski definition) is 4. The number of rotatable bonds is 6. The normalized spacial score (nSPS) is 20.0. The van der Waals surface area contributed by atoms with E-state index < -0.39 is 24.0 Å². The van der Waals surface area contributed by atoms with E-state index in [4.69, 9.17) is 32.7 Å². The zero-order valence-electron chi connectivity index (χ0n) is 13.1. The third-order valence-corrected chi connectivity index (χ3v) is 4.54. The van der Waals surface area contributed by atoms with Gasteiger partial charge in [0, 0.05) is 18.6 Å². The lowest BCUT2D eigenvalue weighted by Crippen LogP contribution is -2.51. The summed E-state index contributed by atoms with van der Waals surface area (Å²) in [6, 6.07) is 3.64. The van der Waals surface area contributed by atoms with E-state index in [1.165, 1.54) is 13.0 Å². The third-order valence-electron chi connectivity index (χ3n) is 3.80. The first-order valence-corrected chi connectivity index (χ1v) is 8.36. The Bertz CT molecular complexity index is 604. The van der Waals surface area contributed by atoms with Crippen LogP contribution in [0.15, 0.2) is 18.2 Å². The van der Waals surface area contributed by atoms with Crippen LogP contribution in [-0.4, -0.2) is 42.3 Å². The first-order valence-electron chi connectivity index (χ1n) is 7.61. The molecule has 132 valence electrons. The number of carbonyl (C=O) groups excluding carboxylic acids is 1. The van der Waals surface area contributed by atoms with Crippen molar-refractivity contribution in [2.45, 2.75) is 31.9 Å². The molecule has 0 saturated carbocycles. The van der Waals surface area contributed by atoms with Gasteiger partial charge in [0.2, 0.25) is 0 Å². The van der Waals surface area contributed by atoms with Gasteiger partial charge in [-0.15, -0.1) is 0 Å². The fraction of sp³-hybridized carbons (Fsp3) is 0.500. The second-order valence-electron chi connectivity index (χ2n) is 5.64. The van der Waals surface area contributed by atoms with E-state index in [1.807, 2.05) is 0 Å². The molecule has 0 radical (unpaired) electrons. The van der Waals surface area contributed by atoms with Gasteiger partial charge in [-0.1, -0.05) is 23.2 Å². The number of amides is 1. The molecule has 1 aromatic rings. The molecular weight excluding hydrogens is 357 g/mol. The van der Waals surface area contributed by atoms with Crippen LogP contribution in [0.4, 0.5) is 0 Å². The first-order chi connectivity index (χ1) is 11.4. The van der Waals surface area contributed by atoms with Crippen molar-refractivity contribution in [3.05, 3.63) is 28.2 Å². The molecule has 8 heteroatoms. The summed E-state index contributed by atoms with van der Waals surface area (Å²) in [4.78, 5) is 23.7. The molecule has 0 bridgehead atoms. The fourth-order valence-corrected chi connectivity index (χ4v) is 2.78. The Labute approximate surface area is 150 Å². The molecule has 1 amide bonds. The zero-order valence-corrected chi connectivity index (χ0v) is 14.6. The number of nitrogens with one attached hydrogen (secondary N) is 1. The van der Waals surface area contributed by atoms with Gasteiger partial charge < -0.3 is 19.9 Å². The Morgan fingerprint density at radius 3 is 2.71 bits per heavy atom. The summed E-state index contributed by atoms with van der Waals surface area (Å²) in [5.41, 5.74) is 0. The van der Waals surface area contributed by atoms with E-state index in [1.54, 1.807) is 12.1 Å². The minimum Gasteiger partial charge on any atom is -0.481 e. The Balaban J connectivity index is 1.97. The fourth-order valence-electron chi connectivity index (χ4n) is 2.49. The third kappa shape index (κ3) is 5.00. The molecule has 6 nitrogen and oxygen atoms in total. The minimum atomic E-state index is -1.08. The number of carboxylic acid groups (broad SMARTS) is 1. The van der Waals surface area contributed by atoms with Crippen LogP contribution in [0.2, 0.25) is 10.0 Å². The molecule has 0 spiro atoms. The molecule has 0 aromatic heterocycles. The molecule has 1 aliphatic heterocycles. The highest BCUT2D eigenvalue weighted by molar-refractivity contribution is 6.42. The number of carboxylic acids is 1. The van der Waals surface area contributed by atoms with Crippen LogP contribution in [0.3, 0.4) is 0 Å². The van der Waals surface area contributed by atoms with Crippen LogP contribution >= 0.6 is 23.2 Å². The topological polar surface area (TPSA) is 84.9 Å². The highest BCUT2D eigenvalue weighted by atomic mass is 35.5. The Morgan fingerprint density at radius 1 is 1.38 bits per heavy atom. The lowest BCUT2D eigenvalue weighted by Gasteiger charge is -2.28. The number of hydrogen-bond donors (Lipinski definition) is 2. The van der Waals surface area contributed by atoms with Crippen LogP contribution in [0, 0.1) is 5.92 Å². The molecule has 1 heterocycles. The summed E-state index contributed by atoms with van der Waals surface area (Å²) in [5, 5.41) is 12.6. The van der Waals surface area contributed by atoms with Crippen LogP contribution in [0.25, 0.3) is 0 Å². The van der Waals surface area contributed by atoms with Gasteiger partial charge >= 0.3 is 5.97 Å². The summed E-state index contributed by atoms with van der Waals surface area (Å²) in [5.74, 6) is -1.48. The highest BCUT2D eigenvalue weighted by Gasteiger charge is 2.32. The van der Waals surface area contributed by atoms with Gasteiger partial charge in [-0.25, -0.2) is 4.79 Å². The average molecular weight is 376 g/mol. The van der Waals surface area contributed by atoms with Crippen molar-refractivity contribution in [1.82, 2.24) is 5.32 Å². The van der Waals surface area contributed by atoms with E-state index >= 15 is 0 Å². The van der Waals surface area contributed by atoms with Crippen molar-refractivity contribution in [2.75, 3.05) is 13.2 Å². The molecule has 1 saturated heterocycles. The largest absolute Gasteiger partial charge is 0.481 e. The molecule has 24 heavy (non-hydrogen) atoms. The van der Waals surface area contributed by atoms with Crippen LogP contribution < -0.4 is 10.1 Å². The lowest BCUT2D eigenvalue weighted by molar-refractivity contribution is -0.146. The summed E-state index contributed by atoms with van der Waals surface area (Å²) in [6.45, 7) is 2.47. The van der Waals surface area contributed by atoms with E-state index in [-0.39, 0.29) is 5.92 Å². The van der Waals surface area contributed by atoms with E-state index in [2.05, 4.69) is 5.32 Å². The summed E-state index contributed by atoms with van der Waals surface area (Å²) in [7, 11) is 0. The number of carbonyl (C=O) groups is 2. The van der Waals surface area contributed by atoms with E-state index in [0.29, 0.717) is 35.4 Å². The van der Waals surface area contributed by atoms with Crippen LogP contribution in [0.1, 0.15) is 19.8 Å². The summed E-state index contributed by atoms with van der Waals surface area (Å²) in [6.07, 6.45) is 0.590. The number of halogens is 2. The number of benzene rings is 1. The number of aliphatic carboxylic acids is 1. The molecule has 3 atom stereocenters. The van der Waals surface area contributed by atoms with Crippen molar-refractivity contribution in [1.29, 1.82) is 0 Å². The van der Waals surface area contributed by atoms with Gasteiger partial charge in [-0.2, -0.15) is 0 Å². The lowest BCUT2D eigenvalue weighted by atomic mass is 9.93. The summed E-state index contributed by atoms with van der Waals surface area (Å²) < 4.78 is 10.8. The SMILES string of the molecule is CC(Oc1ccc(Cl)c(Cl)c1)C(=O)NC(C(=O)O)C1CCCOC1. The van der Waals surface area contributed by atoms with Gasteiger partial charge in [-0.3, -0.25) is 4.79 Å². The molecule has 2 rings (SSSR count). The maximum absolute atomic E-state index is 12.3. The van der Waals surface area contributed by atoms with E-state index in [0.717, 1.165) is 6.42 Å². The number of ether oxygens (including phenoxy) is 2. The second-order valence-corrected chi connectivity index (χ2v) is 6.45. The monoisotopic (exact) mass is 375 g/mol. The van der Waals surface area contributed by atoms with Gasteiger partial charge in [0.25, 0.3) is 5.91 Å². The molecule has 1 fully saturated rings. The van der Waals surface area contributed by atoms with Gasteiger partial charge in [-0.05, 0) is 31.9 Å². The maximum Gasteiger partial charge on any atom is 0.326 e. The quantitative estimate of drug-likeness (QED) is 0.798. The molecule has 0 aliphatic carbocycles. The van der Waals surface area contributed by atoms with Crippen molar-refractivity contribution in [2.24, 2.45) is 5.92 Å². The van der Waals surface area contributed by atoms with Crippen molar-refractivity contribution >= 4 is 35.1 Å². The predicted octanol–water partition coefficient (Wildman–Crippen LogP) is 2.76. The standard InChI is InChI=1S/C16H19Cl2NO5/c1-9(24-11-4-5-12(17)13(18)7-11)15(20)19-14(16(21)22)10-3-2-6-23-8-10/h4-5,7,9-10,14H,2-3,6,8H2,1H3,(H,19,20)(H,21,22). The smallest absolute Gasteiger partial charge is 0.326 e. The van der Waals surface area contributed by atoms with Gasteiger partial charge in [0.1, 0.15) is 11.8 Å². The van der Waals surface area contributed by atoms with E-state index in [9.17, 15) is 14.7 Å². The molecule has 2 N–H and O–H groups in total.